The maximum absolute atomic E-state index is 9.51. The highest BCUT2D eigenvalue weighted by atomic mass is 16.3. The molecule has 0 saturated carbocycles. The predicted octanol–water partition coefficient (Wildman–Crippen LogP) is 0.411. The SMILES string of the molecule is CN(C)CCNc1ccnc(N2CCC(O)CC2)n1. The van der Waals surface area contributed by atoms with Gasteiger partial charge in [-0.1, -0.05) is 0 Å². The van der Waals surface area contributed by atoms with Gasteiger partial charge in [0.1, 0.15) is 5.82 Å². The van der Waals surface area contributed by atoms with Crippen LogP contribution in [0.15, 0.2) is 12.3 Å². The van der Waals surface area contributed by atoms with Crippen LogP contribution in [-0.2, 0) is 0 Å². The normalized spacial score (nSPS) is 16.9. The first-order valence-corrected chi connectivity index (χ1v) is 6.80. The maximum atomic E-state index is 9.51. The van der Waals surface area contributed by atoms with Crippen LogP contribution in [0.4, 0.5) is 11.8 Å². The molecule has 0 atom stereocenters. The third-order valence-corrected chi connectivity index (χ3v) is 3.26. The van der Waals surface area contributed by atoms with E-state index >= 15 is 0 Å². The molecule has 2 heterocycles. The number of hydrogen-bond donors (Lipinski definition) is 2. The van der Waals surface area contributed by atoms with Gasteiger partial charge < -0.3 is 20.2 Å². The van der Waals surface area contributed by atoms with Crippen LogP contribution in [0, 0.1) is 0 Å². The second-order valence-corrected chi connectivity index (χ2v) is 5.19. The summed E-state index contributed by atoms with van der Waals surface area (Å²) in [6.45, 7) is 3.47. The lowest BCUT2D eigenvalue weighted by molar-refractivity contribution is 0.145. The first kappa shape index (κ1) is 14.0. The smallest absolute Gasteiger partial charge is 0.227 e. The molecule has 0 spiro atoms. The molecule has 0 aliphatic carbocycles. The fourth-order valence-corrected chi connectivity index (χ4v) is 2.07. The number of hydrogen-bond acceptors (Lipinski definition) is 6. The average molecular weight is 265 g/mol. The molecule has 6 heteroatoms. The number of piperidine rings is 1. The summed E-state index contributed by atoms with van der Waals surface area (Å²) in [6, 6.07) is 1.89. The van der Waals surface area contributed by atoms with Gasteiger partial charge in [0.15, 0.2) is 0 Å². The molecular weight excluding hydrogens is 242 g/mol. The van der Waals surface area contributed by atoms with E-state index in [1.807, 2.05) is 20.2 Å². The van der Waals surface area contributed by atoms with Crippen LogP contribution in [-0.4, -0.2) is 66.4 Å². The van der Waals surface area contributed by atoms with Gasteiger partial charge in [-0.3, -0.25) is 0 Å². The number of rotatable bonds is 5. The molecule has 1 aliphatic rings. The van der Waals surface area contributed by atoms with E-state index in [2.05, 4.69) is 25.1 Å². The fourth-order valence-electron chi connectivity index (χ4n) is 2.07. The molecule has 1 saturated heterocycles. The Bertz CT molecular complexity index is 390. The van der Waals surface area contributed by atoms with Crippen LogP contribution in [0.25, 0.3) is 0 Å². The summed E-state index contributed by atoms with van der Waals surface area (Å²) in [5.41, 5.74) is 0. The molecule has 19 heavy (non-hydrogen) atoms. The Balaban J connectivity index is 1.91. The molecule has 2 N–H and O–H groups in total. The van der Waals surface area contributed by atoms with Crippen molar-refractivity contribution in [2.24, 2.45) is 0 Å². The lowest BCUT2D eigenvalue weighted by Crippen LogP contribution is -2.36. The fraction of sp³-hybridized carbons (Fsp3) is 0.692. The van der Waals surface area contributed by atoms with Crippen molar-refractivity contribution in [3.8, 4) is 0 Å². The minimum atomic E-state index is -0.169. The van der Waals surface area contributed by atoms with Crippen molar-refractivity contribution in [1.29, 1.82) is 0 Å². The molecule has 1 aromatic heterocycles. The van der Waals surface area contributed by atoms with Gasteiger partial charge in [-0.25, -0.2) is 4.98 Å². The number of likely N-dealkylation sites (N-methyl/N-ethyl adjacent to an activating group) is 1. The van der Waals surface area contributed by atoms with Crippen LogP contribution in [0.1, 0.15) is 12.8 Å². The number of nitrogens with one attached hydrogen (secondary N) is 1. The molecule has 106 valence electrons. The molecule has 1 fully saturated rings. The largest absolute Gasteiger partial charge is 0.393 e. The van der Waals surface area contributed by atoms with Crippen LogP contribution in [0.5, 0.6) is 0 Å². The number of aliphatic hydroxyl groups excluding tert-OH is 1. The molecule has 0 unspecified atom stereocenters. The highest BCUT2D eigenvalue weighted by molar-refractivity contribution is 5.41. The van der Waals surface area contributed by atoms with E-state index < -0.39 is 0 Å². The van der Waals surface area contributed by atoms with Gasteiger partial charge in [0.05, 0.1) is 6.10 Å². The molecule has 2 rings (SSSR count). The average Bonchev–Trinajstić information content (AvgIpc) is 2.39. The lowest BCUT2D eigenvalue weighted by atomic mass is 10.1. The minimum Gasteiger partial charge on any atom is -0.393 e. The number of aliphatic hydroxyl groups is 1. The van der Waals surface area contributed by atoms with Crippen molar-refractivity contribution in [3.63, 3.8) is 0 Å². The molecule has 0 bridgehead atoms. The highest BCUT2D eigenvalue weighted by Crippen LogP contribution is 2.17. The summed E-state index contributed by atoms with van der Waals surface area (Å²) in [5.74, 6) is 1.61. The van der Waals surface area contributed by atoms with Gasteiger partial charge in [0.2, 0.25) is 5.95 Å². The van der Waals surface area contributed by atoms with Crippen molar-refractivity contribution in [3.05, 3.63) is 12.3 Å². The summed E-state index contributed by atoms with van der Waals surface area (Å²) in [7, 11) is 4.10. The second kappa shape index (κ2) is 6.68. The summed E-state index contributed by atoms with van der Waals surface area (Å²) < 4.78 is 0. The van der Waals surface area contributed by atoms with Gasteiger partial charge in [-0.05, 0) is 33.0 Å². The standard InChI is InChI=1S/C13H23N5O/c1-17(2)10-7-14-12-3-6-15-13(16-12)18-8-4-11(19)5-9-18/h3,6,11,19H,4-5,7-10H2,1-2H3,(H,14,15,16). The first-order valence-electron chi connectivity index (χ1n) is 6.80. The zero-order valence-corrected chi connectivity index (χ0v) is 11.7. The van der Waals surface area contributed by atoms with Crippen LogP contribution < -0.4 is 10.2 Å². The molecule has 1 aromatic rings. The van der Waals surface area contributed by atoms with E-state index in [0.29, 0.717) is 0 Å². The monoisotopic (exact) mass is 265 g/mol. The lowest BCUT2D eigenvalue weighted by Gasteiger charge is -2.29. The zero-order chi connectivity index (χ0) is 13.7. The molecule has 1 aliphatic heterocycles. The molecule has 0 amide bonds. The van der Waals surface area contributed by atoms with Crippen molar-refractivity contribution in [2.75, 3.05) is 50.5 Å². The number of anilines is 2. The molecule has 6 nitrogen and oxygen atoms in total. The summed E-state index contributed by atoms with van der Waals surface area (Å²) in [6.07, 6.45) is 3.20. The first-order chi connectivity index (χ1) is 9.15. The van der Waals surface area contributed by atoms with Crippen LogP contribution in [0.3, 0.4) is 0 Å². The van der Waals surface area contributed by atoms with Gasteiger partial charge in [0, 0.05) is 32.4 Å². The van der Waals surface area contributed by atoms with Crippen LogP contribution >= 0.6 is 0 Å². The van der Waals surface area contributed by atoms with Crippen molar-refractivity contribution >= 4 is 11.8 Å². The zero-order valence-electron chi connectivity index (χ0n) is 11.7. The summed E-state index contributed by atoms with van der Waals surface area (Å²) >= 11 is 0. The molecule has 0 radical (unpaired) electrons. The third-order valence-electron chi connectivity index (χ3n) is 3.26. The van der Waals surface area contributed by atoms with E-state index in [0.717, 1.165) is 50.8 Å². The maximum Gasteiger partial charge on any atom is 0.227 e. The Morgan fingerprint density at radius 3 is 2.84 bits per heavy atom. The van der Waals surface area contributed by atoms with E-state index in [1.165, 1.54) is 0 Å². The van der Waals surface area contributed by atoms with Gasteiger partial charge in [0.25, 0.3) is 0 Å². The Morgan fingerprint density at radius 1 is 1.42 bits per heavy atom. The van der Waals surface area contributed by atoms with Crippen molar-refractivity contribution in [1.82, 2.24) is 14.9 Å². The summed E-state index contributed by atoms with van der Waals surface area (Å²) in [5, 5.41) is 12.8. The Kier molecular flexibility index (Phi) is 4.93. The summed E-state index contributed by atoms with van der Waals surface area (Å²) in [4.78, 5) is 13.1. The topological polar surface area (TPSA) is 64.5 Å². The van der Waals surface area contributed by atoms with Crippen molar-refractivity contribution < 1.29 is 5.11 Å². The quantitative estimate of drug-likeness (QED) is 0.804. The van der Waals surface area contributed by atoms with Crippen LogP contribution in [0.2, 0.25) is 0 Å². The van der Waals surface area contributed by atoms with Crippen molar-refractivity contribution in [2.45, 2.75) is 18.9 Å². The Morgan fingerprint density at radius 2 is 2.16 bits per heavy atom. The van der Waals surface area contributed by atoms with Gasteiger partial charge >= 0.3 is 0 Å². The van der Waals surface area contributed by atoms with E-state index in [4.69, 9.17) is 0 Å². The van der Waals surface area contributed by atoms with E-state index in [1.54, 1.807) is 6.20 Å². The number of aromatic nitrogens is 2. The third kappa shape index (κ3) is 4.33. The predicted molar refractivity (Wildman–Crippen MR) is 76.5 cm³/mol. The Hall–Kier alpha value is -1.40. The molecular formula is C13H23N5O. The molecule has 0 aromatic carbocycles. The Labute approximate surface area is 114 Å². The van der Waals surface area contributed by atoms with E-state index in [9.17, 15) is 5.11 Å². The second-order valence-electron chi connectivity index (χ2n) is 5.19. The number of nitrogens with zero attached hydrogens (tertiary/aromatic N) is 4. The van der Waals surface area contributed by atoms with Gasteiger partial charge in [-0.15, -0.1) is 0 Å². The van der Waals surface area contributed by atoms with E-state index in [-0.39, 0.29) is 6.10 Å². The minimum absolute atomic E-state index is 0.169. The van der Waals surface area contributed by atoms with Gasteiger partial charge in [-0.2, -0.15) is 4.98 Å². The highest BCUT2D eigenvalue weighted by Gasteiger charge is 2.19.